The predicted molar refractivity (Wildman–Crippen MR) is 110 cm³/mol. The van der Waals surface area contributed by atoms with E-state index in [0.29, 0.717) is 78.8 Å². The highest BCUT2D eigenvalue weighted by Gasteiger charge is 2.07. The Kier molecular flexibility index (Phi) is 24.5. The van der Waals surface area contributed by atoms with Crippen LogP contribution in [0, 0.1) is 0 Å². The van der Waals surface area contributed by atoms with Crippen molar-refractivity contribution in [1.82, 2.24) is 0 Å². The lowest BCUT2D eigenvalue weighted by molar-refractivity contribution is -0.0285. The van der Waals surface area contributed by atoms with Gasteiger partial charge in [0.2, 0.25) is 0 Å². The molecule has 7 nitrogen and oxygen atoms in total. The molecule has 0 aromatic rings. The van der Waals surface area contributed by atoms with Crippen molar-refractivity contribution >= 4 is 0 Å². The van der Waals surface area contributed by atoms with E-state index in [2.05, 4.69) is 13.8 Å². The standard InChI is InChI=1S/C21H44O7/c1-3-5-6-8-21(7-4-2)28-20-19-27-18-17-26-16-15-25-14-13-24-12-11-23-10-9-22/h21-22H,3-20H2,1-2H3. The van der Waals surface area contributed by atoms with E-state index < -0.39 is 0 Å². The lowest BCUT2D eigenvalue weighted by Crippen LogP contribution is -2.17. The highest BCUT2D eigenvalue weighted by molar-refractivity contribution is 4.58. The molecule has 0 aliphatic rings. The van der Waals surface area contributed by atoms with E-state index in [1.54, 1.807) is 0 Å². The van der Waals surface area contributed by atoms with Crippen molar-refractivity contribution in [3.63, 3.8) is 0 Å². The third kappa shape index (κ3) is 22.0. The molecule has 1 N–H and O–H groups in total. The smallest absolute Gasteiger partial charge is 0.0704 e. The molecule has 170 valence electrons. The van der Waals surface area contributed by atoms with Gasteiger partial charge in [0.1, 0.15) is 0 Å². The quantitative estimate of drug-likeness (QED) is 0.246. The van der Waals surface area contributed by atoms with Gasteiger partial charge in [0, 0.05) is 0 Å². The van der Waals surface area contributed by atoms with Crippen LogP contribution in [0.2, 0.25) is 0 Å². The summed E-state index contributed by atoms with van der Waals surface area (Å²) < 4.78 is 32.7. The van der Waals surface area contributed by atoms with Crippen molar-refractivity contribution in [2.45, 2.75) is 58.5 Å². The number of ether oxygens (including phenoxy) is 6. The first-order chi connectivity index (χ1) is 13.8. The topological polar surface area (TPSA) is 75.6 Å². The minimum absolute atomic E-state index is 0.0421. The fraction of sp³-hybridized carbons (Fsp3) is 1.00. The zero-order chi connectivity index (χ0) is 20.5. The van der Waals surface area contributed by atoms with Crippen LogP contribution in [0.4, 0.5) is 0 Å². The van der Waals surface area contributed by atoms with Crippen LogP contribution in [0.1, 0.15) is 52.4 Å². The molecular weight excluding hydrogens is 364 g/mol. The molecule has 0 saturated carbocycles. The number of aliphatic hydroxyl groups excluding tert-OH is 1. The normalized spacial score (nSPS) is 12.5. The number of hydrogen-bond donors (Lipinski definition) is 1. The van der Waals surface area contributed by atoms with E-state index in [0.717, 1.165) is 12.8 Å². The van der Waals surface area contributed by atoms with Gasteiger partial charge < -0.3 is 33.5 Å². The molecule has 28 heavy (non-hydrogen) atoms. The van der Waals surface area contributed by atoms with Crippen molar-refractivity contribution in [2.24, 2.45) is 0 Å². The van der Waals surface area contributed by atoms with Crippen molar-refractivity contribution in [3.8, 4) is 0 Å². The van der Waals surface area contributed by atoms with Crippen molar-refractivity contribution in [2.75, 3.05) is 79.3 Å². The molecule has 0 heterocycles. The average molecular weight is 409 g/mol. The predicted octanol–water partition coefficient (Wildman–Crippen LogP) is 2.83. The summed E-state index contributed by atoms with van der Waals surface area (Å²) in [5.41, 5.74) is 0. The maximum atomic E-state index is 8.54. The molecule has 0 bridgehead atoms. The lowest BCUT2D eigenvalue weighted by Gasteiger charge is -2.17. The summed E-state index contributed by atoms with van der Waals surface area (Å²) in [7, 11) is 0. The van der Waals surface area contributed by atoms with E-state index >= 15 is 0 Å². The van der Waals surface area contributed by atoms with Crippen LogP contribution in [0.25, 0.3) is 0 Å². The molecule has 1 atom stereocenters. The maximum absolute atomic E-state index is 8.54. The average Bonchev–Trinajstić information content (AvgIpc) is 2.70. The monoisotopic (exact) mass is 408 g/mol. The number of unbranched alkanes of at least 4 members (excludes halogenated alkanes) is 2. The molecule has 0 rings (SSSR count). The molecule has 0 aliphatic carbocycles. The summed E-state index contributed by atoms with van der Waals surface area (Å²) in [5.74, 6) is 0. The molecule has 7 heteroatoms. The summed E-state index contributed by atoms with van der Waals surface area (Å²) in [4.78, 5) is 0. The molecule has 0 amide bonds. The van der Waals surface area contributed by atoms with Crippen LogP contribution in [0.3, 0.4) is 0 Å². The van der Waals surface area contributed by atoms with Crippen molar-refractivity contribution < 1.29 is 33.5 Å². The van der Waals surface area contributed by atoms with Gasteiger partial charge in [0.05, 0.1) is 85.4 Å². The van der Waals surface area contributed by atoms with E-state index in [1.807, 2.05) is 0 Å². The van der Waals surface area contributed by atoms with Crippen LogP contribution < -0.4 is 0 Å². The van der Waals surface area contributed by atoms with E-state index in [9.17, 15) is 0 Å². The van der Waals surface area contributed by atoms with Gasteiger partial charge in [0.15, 0.2) is 0 Å². The summed E-state index contributed by atoms with van der Waals surface area (Å²) in [5, 5.41) is 8.54. The largest absolute Gasteiger partial charge is 0.394 e. The van der Waals surface area contributed by atoms with Crippen LogP contribution >= 0.6 is 0 Å². The fourth-order valence-corrected chi connectivity index (χ4v) is 2.57. The molecule has 0 saturated heterocycles. The molecule has 0 radical (unpaired) electrons. The first-order valence-corrected chi connectivity index (χ1v) is 11.0. The molecule has 0 aromatic heterocycles. The summed E-state index contributed by atoms with van der Waals surface area (Å²) in [6.07, 6.45) is 7.63. The van der Waals surface area contributed by atoms with Gasteiger partial charge in [-0.25, -0.2) is 0 Å². The molecule has 0 aliphatic heterocycles. The second kappa shape index (κ2) is 24.8. The number of hydrogen-bond acceptors (Lipinski definition) is 7. The SMILES string of the molecule is CCCCCC(CCC)OCCOCCOCCOCCOCCOCCO. The first-order valence-electron chi connectivity index (χ1n) is 11.0. The fourth-order valence-electron chi connectivity index (χ4n) is 2.57. The summed E-state index contributed by atoms with van der Waals surface area (Å²) in [6.45, 7) is 10.4. The Morgan fingerprint density at radius 3 is 1.43 bits per heavy atom. The Bertz CT molecular complexity index is 279. The Labute approximate surface area is 172 Å². The third-order valence-electron chi connectivity index (χ3n) is 4.05. The summed E-state index contributed by atoms with van der Waals surface area (Å²) >= 11 is 0. The minimum Gasteiger partial charge on any atom is -0.394 e. The van der Waals surface area contributed by atoms with Gasteiger partial charge in [-0.1, -0.05) is 39.5 Å². The third-order valence-corrected chi connectivity index (χ3v) is 4.05. The highest BCUT2D eigenvalue weighted by Crippen LogP contribution is 2.11. The number of rotatable bonds is 24. The van der Waals surface area contributed by atoms with E-state index in [1.165, 1.54) is 25.7 Å². The molecule has 0 fully saturated rings. The lowest BCUT2D eigenvalue weighted by atomic mass is 10.1. The van der Waals surface area contributed by atoms with Gasteiger partial charge in [0.25, 0.3) is 0 Å². The van der Waals surface area contributed by atoms with Crippen LogP contribution in [0.15, 0.2) is 0 Å². The zero-order valence-corrected chi connectivity index (χ0v) is 18.2. The van der Waals surface area contributed by atoms with Crippen molar-refractivity contribution in [3.05, 3.63) is 0 Å². The minimum atomic E-state index is 0.0421. The van der Waals surface area contributed by atoms with Gasteiger partial charge in [-0.05, 0) is 12.8 Å². The van der Waals surface area contributed by atoms with Crippen LogP contribution in [-0.4, -0.2) is 90.5 Å². The first kappa shape index (κ1) is 27.7. The maximum Gasteiger partial charge on any atom is 0.0704 e. The van der Waals surface area contributed by atoms with Crippen LogP contribution in [0.5, 0.6) is 0 Å². The van der Waals surface area contributed by atoms with E-state index in [4.69, 9.17) is 33.5 Å². The second-order valence-electron chi connectivity index (χ2n) is 6.56. The Hall–Kier alpha value is -0.280. The Morgan fingerprint density at radius 1 is 0.536 bits per heavy atom. The molecular formula is C21H44O7. The number of aliphatic hydroxyl groups is 1. The van der Waals surface area contributed by atoms with Crippen LogP contribution in [-0.2, 0) is 28.4 Å². The highest BCUT2D eigenvalue weighted by atomic mass is 16.6. The Balaban J connectivity index is 3.21. The molecule has 0 spiro atoms. The summed E-state index contributed by atoms with van der Waals surface area (Å²) in [6, 6.07) is 0. The van der Waals surface area contributed by atoms with E-state index in [-0.39, 0.29) is 6.61 Å². The van der Waals surface area contributed by atoms with Gasteiger partial charge in [-0.2, -0.15) is 0 Å². The Morgan fingerprint density at radius 2 is 1.00 bits per heavy atom. The van der Waals surface area contributed by atoms with Crippen molar-refractivity contribution in [1.29, 1.82) is 0 Å². The van der Waals surface area contributed by atoms with Gasteiger partial charge >= 0.3 is 0 Å². The molecule has 1 unspecified atom stereocenters. The van der Waals surface area contributed by atoms with Gasteiger partial charge in [-0.3, -0.25) is 0 Å². The second-order valence-corrected chi connectivity index (χ2v) is 6.56. The van der Waals surface area contributed by atoms with Gasteiger partial charge in [-0.15, -0.1) is 0 Å². The molecule has 0 aromatic carbocycles. The zero-order valence-electron chi connectivity index (χ0n) is 18.2.